The van der Waals surface area contributed by atoms with Crippen molar-refractivity contribution in [3.63, 3.8) is 0 Å². The number of aromatic nitrogens is 3. The summed E-state index contributed by atoms with van der Waals surface area (Å²) in [4.78, 5) is 27.7. The van der Waals surface area contributed by atoms with Gasteiger partial charge in [-0.3, -0.25) is 14.2 Å². The Bertz CT molecular complexity index is 1880. The third-order valence-corrected chi connectivity index (χ3v) is 9.37. The van der Waals surface area contributed by atoms with E-state index in [4.69, 9.17) is 26.2 Å². The highest BCUT2D eigenvalue weighted by molar-refractivity contribution is 7.99. The predicted octanol–water partition coefficient (Wildman–Crippen LogP) is 6.40. The molecular weight excluding hydrogens is 644 g/mol. The van der Waals surface area contributed by atoms with Gasteiger partial charge in [0.15, 0.2) is 22.5 Å². The minimum atomic E-state index is -0.398. The van der Waals surface area contributed by atoms with E-state index < -0.39 is 6.04 Å². The molecule has 0 fully saturated rings. The minimum absolute atomic E-state index is 0.0269. The standard InChI is InChI=1S/C33H29ClN6O4S2/c1-43-27-14-7-13-24(31(27)44-2)26-18-25(28-15-8-16-45-28)38-40(26)30(41)20-46-33-37-36-29(39(33)23-12-6-11-22(34)17-23)19-35-32(42)21-9-4-3-5-10-21/h3-17,26H,18-20H2,1-2H3,(H,35,42). The van der Waals surface area contributed by atoms with E-state index in [0.29, 0.717) is 45.2 Å². The monoisotopic (exact) mass is 672 g/mol. The zero-order valence-electron chi connectivity index (χ0n) is 24.9. The molecule has 10 nitrogen and oxygen atoms in total. The summed E-state index contributed by atoms with van der Waals surface area (Å²) in [5.74, 6) is 1.20. The van der Waals surface area contributed by atoms with Crippen LogP contribution in [0, 0.1) is 0 Å². The largest absolute Gasteiger partial charge is 0.493 e. The molecule has 3 heterocycles. The second kappa shape index (κ2) is 14.2. The summed E-state index contributed by atoms with van der Waals surface area (Å²) in [6.07, 6.45) is 0.518. The smallest absolute Gasteiger partial charge is 0.253 e. The van der Waals surface area contributed by atoms with Crippen LogP contribution in [0.1, 0.15) is 39.1 Å². The molecule has 0 bridgehead atoms. The number of carbonyl (C=O) groups is 2. The maximum absolute atomic E-state index is 13.9. The molecule has 3 aromatic carbocycles. The normalized spacial score (nSPS) is 14.2. The number of ether oxygens (including phenoxy) is 2. The van der Waals surface area contributed by atoms with Crippen LogP contribution < -0.4 is 14.8 Å². The average Bonchev–Trinajstić information content (AvgIpc) is 3.86. The van der Waals surface area contributed by atoms with Crippen LogP contribution in [-0.2, 0) is 11.3 Å². The van der Waals surface area contributed by atoms with Gasteiger partial charge in [-0.1, -0.05) is 65.8 Å². The lowest BCUT2D eigenvalue weighted by Crippen LogP contribution is -2.29. The molecule has 13 heteroatoms. The highest BCUT2D eigenvalue weighted by Crippen LogP contribution is 2.42. The van der Waals surface area contributed by atoms with Crippen LogP contribution in [0.15, 0.2) is 101 Å². The molecule has 0 radical (unpaired) electrons. The van der Waals surface area contributed by atoms with Crippen LogP contribution >= 0.6 is 34.7 Å². The first kappa shape index (κ1) is 31.3. The minimum Gasteiger partial charge on any atom is -0.493 e. The molecule has 1 N–H and O–H groups in total. The van der Waals surface area contributed by atoms with Crippen molar-refractivity contribution in [3.8, 4) is 17.2 Å². The number of hydrogen-bond donors (Lipinski definition) is 1. The van der Waals surface area contributed by atoms with Crippen molar-refractivity contribution < 1.29 is 19.1 Å². The molecule has 0 aliphatic carbocycles. The summed E-state index contributed by atoms with van der Waals surface area (Å²) < 4.78 is 13.1. The van der Waals surface area contributed by atoms with Gasteiger partial charge in [0.25, 0.3) is 11.8 Å². The van der Waals surface area contributed by atoms with E-state index in [-0.39, 0.29) is 24.1 Å². The van der Waals surface area contributed by atoms with Gasteiger partial charge in [0.2, 0.25) is 0 Å². The quantitative estimate of drug-likeness (QED) is 0.162. The topological polar surface area (TPSA) is 111 Å². The second-order valence-electron chi connectivity index (χ2n) is 10.1. The van der Waals surface area contributed by atoms with Crippen LogP contribution in [0.4, 0.5) is 0 Å². The molecule has 1 aliphatic rings. The van der Waals surface area contributed by atoms with Crippen molar-refractivity contribution in [1.29, 1.82) is 0 Å². The number of hydrazone groups is 1. The number of carbonyl (C=O) groups excluding carboxylic acids is 2. The summed E-state index contributed by atoms with van der Waals surface area (Å²) in [6, 6.07) is 25.4. The van der Waals surface area contributed by atoms with E-state index in [1.54, 1.807) is 66.5 Å². The molecular formula is C33H29ClN6O4S2. The summed E-state index contributed by atoms with van der Waals surface area (Å²) in [7, 11) is 3.17. The number of methoxy groups -OCH3 is 2. The van der Waals surface area contributed by atoms with Crippen molar-refractivity contribution in [2.24, 2.45) is 5.10 Å². The lowest BCUT2D eigenvalue weighted by molar-refractivity contribution is -0.130. The van der Waals surface area contributed by atoms with Crippen molar-refractivity contribution in [2.45, 2.75) is 24.2 Å². The molecule has 1 unspecified atom stereocenters. The Kier molecular flexibility index (Phi) is 9.67. The molecule has 0 saturated heterocycles. The molecule has 1 atom stereocenters. The first-order chi connectivity index (χ1) is 22.5. The lowest BCUT2D eigenvalue weighted by Gasteiger charge is -2.24. The van der Waals surface area contributed by atoms with Gasteiger partial charge in [-0.15, -0.1) is 21.5 Å². The third kappa shape index (κ3) is 6.64. The number of hydrogen-bond acceptors (Lipinski definition) is 9. The van der Waals surface area contributed by atoms with E-state index in [0.717, 1.165) is 16.2 Å². The predicted molar refractivity (Wildman–Crippen MR) is 179 cm³/mol. The van der Waals surface area contributed by atoms with Crippen molar-refractivity contribution in [2.75, 3.05) is 20.0 Å². The summed E-state index contributed by atoms with van der Waals surface area (Å²) in [6.45, 7) is 0.111. The molecule has 0 spiro atoms. The maximum Gasteiger partial charge on any atom is 0.253 e. The summed E-state index contributed by atoms with van der Waals surface area (Å²) >= 11 is 9.14. The molecule has 2 aromatic heterocycles. The number of amides is 2. The van der Waals surface area contributed by atoms with Crippen LogP contribution in [-0.4, -0.2) is 57.3 Å². The molecule has 234 valence electrons. The van der Waals surface area contributed by atoms with Crippen LogP contribution in [0.2, 0.25) is 5.02 Å². The van der Waals surface area contributed by atoms with Gasteiger partial charge in [0, 0.05) is 22.6 Å². The van der Waals surface area contributed by atoms with E-state index in [1.165, 1.54) is 16.8 Å². The average molecular weight is 673 g/mol. The van der Waals surface area contributed by atoms with E-state index in [1.807, 2.05) is 53.9 Å². The summed E-state index contributed by atoms with van der Waals surface area (Å²) in [5.41, 5.74) is 2.86. The number of halogens is 1. The van der Waals surface area contributed by atoms with Crippen LogP contribution in [0.3, 0.4) is 0 Å². The number of nitrogens with zero attached hydrogens (tertiary/aromatic N) is 5. The van der Waals surface area contributed by atoms with Gasteiger partial charge in [-0.25, -0.2) is 5.01 Å². The Hall–Kier alpha value is -4.65. The Morgan fingerprint density at radius 1 is 1.00 bits per heavy atom. The van der Waals surface area contributed by atoms with Gasteiger partial charge < -0.3 is 14.8 Å². The number of para-hydroxylation sites is 1. The fourth-order valence-electron chi connectivity index (χ4n) is 5.17. The zero-order valence-corrected chi connectivity index (χ0v) is 27.3. The SMILES string of the molecule is COc1cccc(C2CC(c3cccs3)=NN2C(=O)CSc2nnc(CNC(=O)c3ccccc3)n2-c2cccc(Cl)c2)c1OC. The molecule has 1 aliphatic heterocycles. The van der Waals surface area contributed by atoms with Gasteiger partial charge in [-0.05, 0) is 47.8 Å². The van der Waals surface area contributed by atoms with Gasteiger partial charge in [-0.2, -0.15) is 5.10 Å². The number of benzene rings is 3. The second-order valence-corrected chi connectivity index (χ2v) is 12.4. The Labute approximate surface area is 279 Å². The van der Waals surface area contributed by atoms with Crippen molar-refractivity contribution >= 4 is 52.2 Å². The molecule has 5 aromatic rings. The van der Waals surface area contributed by atoms with E-state index in [2.05, 4.69) is 15.5 Å². The third-order valence-electron chi connectivity index (χ3n) is 7.30. The fourth-order valence-corrected chi connectivity index (χ4v) is 6.90. The lowest BCUT2D eigenvalue weighted by atomic mass is 9.99. The highest BCUT2D eigenvalue weighted by Gasteiger charge is 2.36. The maximum atomic E-state index is 13.9. The molecule has 6 rings (SSSR count). The van der Waals surface area contributed by atoms with E-state index >= 15 is 0 Å². The number of nitrogens with one attached hydrogen (secondary N) is 1. The first-order valence-electron chi connectivity index (χ1n) is 14.3. The van der Waals surface area contributed by atoms with Crippen LogP contribution in [0.25, 0.3) is 5.69 Å². The Morgan fingerprint density at radius 3 is 2.57 bits per heavy atom. The summed E-state index contributed by atoms with van der Waals surface area (Å²) in [5, 5.41) is 21.0. The van der Waals surface area contributed by atoms with Crippen molar-refractivity contribution in [1.82, 2.24) is 25.1 Å². The molecule has 2 amide bonds. The fraction of sp³-hybridized carbons (Fsp3) is 0.182. The molecule has 46 heavy (non-hydrogen) atoms. The first-order valence-corrected chi connectivity index (χ1v) is 16.5. The van der Waals surface area contributed by atoms with Gasteiger partial charge in [0.05, 0.1) is 48.8 Å². The Balaban J connectivity index is 1.27. The van der Waals surface area contributed by atoms with Gasteiger partial charge >= 0.3 is 0 Å². The van der Waals surface area contributed by atoms with Crippen molar-refractivity contribution in [3.05, 3.63) is 117 Å². The van der Waals surface area contributed by atoms with Crippen LogP contribution in [0.5, 0.6) is 11.5 Å². The Morgan fingerprint density at radius 2 is 1.83 bits per heavy atom. The highest BCUT2D eigenvalue weighted by atomic mass is 35.5. The van der Waals surface area contributed by atoms with Gasteiger partial charge in [0.1, 0.15) is 0 Å². The number of thioether (sulfide) groups is 1. The zero-order chi connectivity index (χ0) is 32.0. The molecule has 0 saturated carbocycles. The number of rotatable bonds is 11. The number of thiophene rings is 1. The van der Waals surface area contributed by atoms with E-state index in [9.17, 15) is 9.59 Å².